The number of aryl methyl sites for hydroxylation is 2. The second-order valence-electron chi connectivity index (χ2n) is 5.06. The molecule has 1 heterocycles. The molecule has 0 saturated carbocycles. The second kappa shape index (κ2) is 5.83. The molecule has 0 atom stereocenters. The predicted molar refractivity (Wildman–Crippen MR) is 77.4 cm³/mol. The fraction of sp³-hybridized carbons (Fsp3) is 0.250. The van der Waals surface area contributed by atoms with E-state index in [4.69, 9.17) is 9.52 Å². The van der Waals surface area contributed by atoms with Crippen molar-refractivity contribution in [2.24, 2.45) is 0 Å². The van der Waals surface area contributed by atoms with Gasteiger partial charge in [-0.1, -0.05) is 23.8 Å². The zero-order valence-corrected chi connectivity index (χ0v) is 12.2. The van der Waals surface area contributed by atoms with Gasteiger partial charge < -0.3 is 14.4 Å². The summed E-state index contributed by atoms with van der Waals surface area (Å²) in [5.74, 6) is -1.74. The van der Waals surface area contributed by atoms with Crippen molar-refractivity contribution in [2.45, 2.75) is 20.4 Å². The number of carboxylic acid groups (broad SMARTS) is 1. The second-order valence-corrected chi connectivity index (χ2v) is 5.06. The van der Waals surface area contributed by atoms with E-state index >= 15 is 0 Å². The molecule has 0 radical (unpaired) electrons. The van der Waals surface area contributed by atoms with Crippen LogP contribution in [0.1, 0.15) is 37.8 Å². The summed E-state index contributed by atoms with van der Waals surface area (Å²) in [4.78, 5) is 24.5. The maximum atomic E-state index is 12.2. The summed E-state index contributed by atoms with van der Waals surface area (Å²) in [6, 6.07) is 8.72. The van der Waals surface area contributed by atoms with Gasteiger partial charge in [0.15, 0.2) is 5.76 Å². The number of hydrogen-bond acceptors (Lipinski definition) is 3. The number of carboxylic acids is 1. The van der Waals surface area contributed by atoms with Crippen molar-refractivity contribution in [3.05, 3.63) is 58.5 Å². The molecule has 0 spiro atoms. The molecule has 1 N–H and O–H groups in total. The summed E-state index contributed by atoms with van der Waals surface area (Å²) in [5.41, 5.74) is 3.28. The summed E-state index contributed by atoms with van der Waals surface area (Å²) in [7, 11) is 1.66. The Morgan fingerprint density at radius 3 is 2.43 bits per heavy atom. The number of carbonyl (C=O) groups is 2. The van der Waals surface area contributed by atoms with Crippen molar-refractivity contribution >= 4 is 11.9 Å². The van der Waals surface area contributed by atoms with Gasteiger partial charge in [0.1, 0.15) is 0 Å². The van der Waals surface area contributed by atoms with Gasteiger partial charge in [-0.05, 0) is 37.1 Å². The molecule has 110 valence electrons. The lowest BCUT2D eigenvalue weighted by atomic mass is 10.1. The van der Waals surface area contributed by atoms with E-state index in [0.717, 1.165) is 16.7 Å². The standard InChI is InChI=1S/C16H17NO4/c1-10-4-5-11(2)12(8-10)9-17(3)15(18)13-6-7-14(21-13)16(19)20/h4-8H,9H2,1-3H3,(H,19,20). The smallest absolute Gasteiger partial charge is 0.371 e. The Morgan fingerprint density at radius 1 is 1.14 bits per heavy atom. The van der Waals surface area contributed by atoms with E-state index in [1.54, 1.807) is 7.05 Å². The minimum Gasteiger partial charge on any atom is -0.475 e. The lowest BCUT2D eigenvalue weighted by Gasteiger charge is -2.17. The van der Waals surface area contributed by atoms with Gasteiger partial charge in [0.25, 0.3) is 5.91 Å². The van der Waals surface area contributed by atoms with Crippen LogP contribution in [0.4, 0.5) is 0 Å². The number of benzene rings is 1. The van der Waals surface area contributed by atoms with Gasteiger partial charge >= 0.3 is 5.97 Å². The molecular formula is C16H17NO4. The number of carbonyl (C=O) groups excluding carboxylic acids is 1. The average Bonchev–Trinajstić information content (AvgIpc) is 2.91. The van der Waals surface area contributed by atoms with Gasteiger partial charge in [-0.15, -0.1) is 0 Å². The van der Waals surface area contributed by atoms with Crippen molar-refractivity contribution in [1.29, 1.82) is 0 Å². The lowest BCUT2D eigenvalue weighted by Crippen LogP contribution is -2.26. The molecular weight excluding hydrogens is 270 g/mol. The largest absolute Gasteiger partial charge is 0.475 e. The first kappa shape index (κ1) is 14.8. The van der Waals surface area contributed by atoms with Gasteiger partial charge in [-0.25, -0.2) is 4.79 Å². The molecule has 1 aromatic heterocycles. The zero-order chi connectivity index (χ0) is 15.6. The SMILES string of the molecule is Cc1ccc(C)c(CN(C)C(=O)c2ccc(C(=O)O)o2)c1. The van der Waals surface area contributed by atoms with Gasteiger partial charge in [-0.3, -0.25) is 4.79 Å². The summed E-state index contributed by atoms with van der Waals surface area (Å²) in [6.45, 7) is 4.42. The quantitative estimate of drug-likeness (QED) is 0.938. The first-order chi connectivity index (χ1) is 9.88. The van der Waals surface area contributed by atoms with Gasteiger partial charge in [0, 0.05) is 13.6 Å². The molecule has 1 aromatic carbocycles. The van der Waals surface area contributed by atoms with E-state index in [0.29, 0.717) is 6.54 Å². The molecule has 0 fully saturated rings. The van der Waals surface area contributed by atoms with Crippen LogP contribution in [0.2, 0.25) is 0 Å². The average molecular weight is 287 g/mol. The Bertz CT molecular complexity index is 687. The zero-order valence-electron chi connectivity index (χ0n) is 12.2. The Labute approximate surface area is 122 Å². The molecule has 5 nitrogen and oxygen atoms in total. The molecule has 2 rings (SSSR count). The number of furan rings is 1. The molecule has 0 aliphatic carbocycles. The highest BCUT2D eigenvalue weighted by molar-refractivity contribution is 5.93. The summed E-state index contributed by atoms with van der Waals surface area (Å²) in [5, 5.41) is 8.80. The van der Waals surface area contributed by atoms with Crippen molar-refractivity contribution in [3.8, 4) is 0 Å². The minimum atomic E-state index is -1.19. The Morgan fingerprint density at radius 2 is 1.81 bits per heavy atom. The number of amides is 1. The van der Waals surface area contributed by atoms with Crippen LogP contribution in [0, 0.1) is 13.8 Å². The van der Waals surface area contributed by atoms with Crippen molar-refractivity contribution < 1.29 is 19.1 Å². The highest BCUT2D eigenvalue weighted by atomic mass is 16.4. The maximum Gasteiger partial charge on any atom is 0.371 e. The van der Waals surface area contributed by atoms with Crippen LogP contribution in [-0.4, -0.2) is 28.9 Å². The fourth-order valence-electron chi connectivity index (χ4n) is 2.05. The summed E-state index contributed by atoms with van der Waals surface area (Å²) < 4.78 is 5.03. The molecule has 2 aromatic rings. The number of hydrogen-bond donors (Lipinski definition) is 1. The fourth-order valence-corrected chi connectivity index (χ4v) is 2.05. The molecule has 5 heteroatoms. The molecule has 1 amide bonds. The highest BCUT2D eigenvalue weighted by Gasteiger charge is 2.19. The molecule has 0 bridgehead atoms. The lowest BCUT2D eigenvalue weighted by molar-refractivity contribution is 0.0653. The third-order valence-electron chi connectivity index (χ3n) is 3.29. The van der Waals surface area contributed by atoms with Crippen molar-refractivity contribution in [1.82, 2.24) is 4.90 Å². The van der Waals surface area contributed by atoms with Crippen LogP contribution < -0.4 is 0 Å². The maximum absolute atomic E-state index is 12.2. The van der Waals surface area contributed by atoms with Crippen molar-refractivity contribution in [3.63, 3.8) is 0 Å². The third kappa shape index (κ3) is 3.31. The van der Waals surface area contributed by atoms with E-state index in [-0.39, 0.29) is 17.4 Å². The topological polar surface area (TPSA) is 70.8 Å². The first-order valence-corrected chi connectivity index (χ1v) is 6.53. The number of aromatic carboxylic acids is 1. The normalized spacial score (nSPS) is 10.4. The van der Waals surface area contributed by atoms with Crippen LogP contribution in [0.25, 0.3) is 0 Å². The van der Waals surface area contributed by atoms with Crippen LogP contribution in [0.15, 0.2) is 34.7 Å². The van der Waals surface area contributed by atoms with Gasteiger partial charge in [0.05, 0.1) is 0 Å². The molecule has 21 heavy (non-hydrogen) atoms. The van der Waals surface area contributed by atoms with E-state index in [2.05, 4.69) is 0 Å². The van der Waals surface area contributed by atoms with Crippen LogP contribution in [0.5, 0.6) is 0 Å². The molecule has 0 saturated heterocycles. The Balaban J connectivity index is 2.15. The highest BCUT2D eigenvalue weighted by Crippen LogP contribution is 2.15. The summed E-state index contributed by atoms with van der Waals surface area (Å²) in [6.07, 6.45) is 0. The van der Waals surface area contributed by atoms with E-state index in [1.807, 2.05) is 32.0 Å². The monoisotopic (exact) mass is 287 g/mol. The minimum absolute atomic E-state index is 0.0280. The number of nitrogens with zero attached hydrogens (tertiary/aromatic N) is 1. The van der Waals surface area contributed by atoms with E-state index in [9.17, 15) is 9.59 Å². The molecule has 0 unspecified atom stereocenters. The Hall–Kier alpha value is -2.56. The Kier molecular flexibility index (Phi) is 4.12. The van der Waals surface area contributed by atoms with Gasteiger partial charge in [0.2, 0.25) is 5.76 Å². The number of rotatable bonds is 4. The van der Waals surface area contributed by atoms with Crippen LogP contribution >= 0.6 is 0 Å². The molecule has 0 aliphatic rings. The summed E-state index contributed by atoms with van der Waals surface area (Å²) >= 11 is 0. The van der Waals surface area contributed by atoms with Crippen molar-refractivity contribution in [2.75, 3.05) is 7.05 Å². The van der Waals surface area contributed by atoms with E-state index in [1.165, 1.54) is 17.0 Å². The van der Waals surface area contributed by atoms with Crippen LogP contribution in [0.3, 0.4) is 0 Å². The first-order valence-electron chi connectivity index (χ1n) is 6.53. The molecule has 0 aliphatic heterocycles. The predicted octanol–water partition coefficient (Wildman–Crippen LogP) is 2.87. The van der Waals surface area contributed by atoms with E-state index < -0.39 is 5.97 Å². The third-order valence-corrected chi connectivity index (χ3v) is 3.29. The van der Waals surface area contributed by atoms with Crippen LogP contribution in [-0.2, 0) is 6.54 Å². The van der Waals surface area contributed by atoms with Gasteiger partial charge in [-0.2, -0.15) is 0 Å².